The lowest BCUT2D eigenvalue weighted by Crippen LogP contribution is -2.19. The average Bonchev–Trinajstić information content (AvgIpc) is 2.25. The normalized spacial score (nSPS) is 12.3. The van der Waals surface area contributed by atoms with E-state index in [2.05, 4.69) is 0 Å². The molecule has 1 aromatic rings. The molecule has 0 radical (unpaired) electrons. The van der Waals surface area contributed by atoms with Gasteiger partial charge in [-0.1, -0.05) is 18.2 Å². The molecular formula is C13H18O4. The molecule has 4 heteroatoms. The lowest BCUT2D eigenvalue weighted by molar-refractivity contribution is -0.149. The molecule has 0 saturated carbocycles. The van der Waals surface area contributed by atoms with Crippen LogP contribution in [-0.2, 0) is 9.53 Å². The number of hydrogen-bond acceptors (Lipinski definition) is 4. The molecule has 0 saturated heterocycles. The quantitative estimate of drug-likeness (QED) is 0.798. The van der Waals surface area contributed by atoms with Gasteiger partial charge in [0.1, 0.15) is 5.75 Å². The van der Waals surface area contributed by atoms with Crippen molar-refractivity contribution in [1.29, 1.82) is 0 Å². The lowest BCUT2D eigenvalue weighted by atomic mass is 10.1. The second-order valence-electron chi connectivity index (χ2n) is 4.04. The first kappa shape index (κ1) is 13.5. The van der Waals surface area contributed by atoms with Gasteiger partial charge >= 0.3 is 5.97 Å². The van der Waals surface area contributed by atoms with Crippen LogP contribution in [-0.4, -0.2) is 23.8 Å². The van der Waals surface area contributed by atoms with Crippen molar-refractivity contribution in [2.75, 3.05) is 6.61 Å². The maximum Gasteiger partial charge on any atom is 0.344 e. The molecule has 0 heterocycles. The third-order valence-electron chi connectivity index (χ3n) is 2.08. The number of carbonyl (C=O) groups is 1. The predicted octanol–water partition coefficient (Wildman–Crippen LogP) is 2.07. The van der Waals surface area contributed by atoms with E-state index < -0.39 is 12.1 Å². The Bertz CT molecular complexity index is 371. The molecule has 94 valence electrons. The summed E-state index contributed by atoms with van der Waals surface area (Å²) in [7, 11) is 0. The number of rotatable bonds is 5. The number of para-hydroxylation sites is 1. The van der Waals surface area contributed by atoms with Crippen molar-refractivity contribution >= 4 is 5.97 Å². The van der Waals surface area contributed by atoms with E-state index in [-0.39, 0.29) is 12.7 Å². The fraction of sp³-hybridized carbons (Fsp3) is 0.462. The minimum absolute atomic E-state index is 0.151. The van der Waals surface area contributed by atoms with Crippen molar-refractivity contribution in [1.82, 2.24) is 0 Å². The highest BCUT2D eigenvalue weighted by Crippen LogP contribution is 2.24. The predicted molar refractivity (Wildman–Crippen MR) is 63.8 cm³/mol. The fourth-order valence-corrected chi connectivity index (χ4v) is 1.39. The summed E-state index contributed by atoms with van der Waals surface area (Å²) in [6, 6.07) is 7.06. The van der Waals surface area contributed by atoms with Crippen LogP contribution < -0.4 is 4.74 Å². The minimum atomic E-state index is -0.632. The van der Waals surface area contributed by atoms with Crippen LogP contribution in [0.15, 0.2) is 24.3 Å². The molecule has 0 aliphatic rings. The topological polar surface area (TPSA) is 55.8 Å². The monoisotopic (exact) mass is 238 g/mol. The molecule has 0 spiro atoms. The van der Waals surface area contributed by atoms with Gasteiger partial charge < -0.3 is 14.6 Å². The van der Waals surface area contributed by atoms with Crippen LogP contribution in [0.3, 0.4) is 0 Å². The fourth-order valence-electron chi connectivity index (χ4n) is 1.39. The first-order chi connectivity index (χ1) is 8.00. The summed E-state index contributed by atoms with van der Waals surface area (Å²) in [4.78, 5) is 11.3. The number of carbonyl (C=O) groups excluding carboxylic acids is 1. The molecule has 4 nitrogen and oxygen atoms in total. The largest absolute Gasteiger partial charge is 0.482 e. The van der Waals surface area contributed by atoms with Crippen LogP contribution in [0.5, 0.6) is 5.75 Å². The Morgan fingerprint density at radius 3 is 2.53 bits per heavy atom. The van der Waals surface area contributed by atoms with Crippen molar-refractivity contribution in [2.45, 2.75) is 33.0 Å². The maximum atomic E-state index is 11.3. The van der Waals surface area contributed by atoms with Crippen molar-refractivity contribution in [2.24, 2.45) is 0 Å². The molecule has 1 aromatic carbocycles. The zero-order valence-electron chi connectivity index (χ0n) is 10.3. The van der Waals surface area contributed by atoms with Crippen LogP contribution >= 0.6 is 0 Å². The Kier molecular flexibility index (Phi) is 4.97. The van der Waals surface area contributed by atoms with Gasteiger partial charge in [0.2, 0.25) is 0 Å². The summed E-state index contributed by atoms with van der Waals surface area (Å²) in [6.45, 7) is 5.06. The molecule has 1 unspecified atom stereocenters. The number of benzene rings is 1. The number of hydrogen-bond donors (Lipinski definition) is 1. The van der Waals surface area contributed by atoms with Gasteiger partial charge in [-0.3, -0.25) is 0 Å². The van der Waals surface area contributed by atoms with Crippen molar-refractivity contribution < 1.29 is 19.4 Å². The highest BCUT2D eigenvalue weighted by atomic mass is 16.6. The second kappa shape index (κ2) is 6.25. The van der Waals surface area contributed by atoms with Gasteiger partial charge in [-0.15, -0.1) is 0 Å². The third kappa shape index (κ3) is 4.44. The molecule has 17 heavy (non-hydrogen) atoms. The van der Waals surface area contributed by atoms with Crippen molar-refractivity contribution in [3.63, 3.8) is 0 Å². The molecular weight excluding hydrogens is 220 g/mol. The van der Waals surface area contributed by atoms with Gasteiger partial charge in [-0.25, -0.2) is 4.79 Å². The molecule has 0 fully saturated rings. The van der Waals surface area contributed by atoms with E-state index in [9.17, 15) is 9.90 Å². The van der Waals surface area contributed by atoms with Gasteiger partial charge in [0.25, 0.3) is 0 Å². The van der Waals surface area contributed by atoms with E-state index >= 15 is 0 Å². The van der Waals surface area contributed by atoms with Crippen LogP contribution in [0.25, 0.3) is 0 Å². The van der Waals surface area contributed by atoms with E-state index in [1.165, 1.54) is 0 Å². The zero-order chi connectivity index (χ0) is 12.8. The Hall–Kier alpha value is -1.55. The minimum Gasteiger partial charge on any atom is -0.482 e. The van der Waals surface area contributed by atoms with E-state index in [1.54, 1.807) is 45.0 Å². The maximum absolute atomic E-state index is 11.3. The number of ether oxygens (including phenoxy) is 2. The molecule has 1 rings (SSSR count). The molecule has 1 N–H and O–H groups in total. The highest BCUT2D eigenvalue weighted by Gasteiger charge is 2.11. The average molecular weight is 238 g/mol. The van der Waals surface area contributed by atoms with Gasteiger partial charge in [-0.05, 0) is 26.8 Å². The van der Waals surface area contributed by atoms with Gasteiger partial charge in [-0.2, -0.15) is 0 Å². The van der Waals surface area contributed by atoms with E-state index in [0.29, 0.717) is 11.3 Å². The number of esters is 1. The van der Waals surface area contributed by atoms with Crippen LogP contribution in [0, 0.1) is 0 Å². The van der Waals surface area contributed by atoms with Crippen molar-refractivity contribution in [3.05, 3.63) is 29.8 Å². The summed E-state index contributed by atoms with van der Waals surface area (Å²) in [5.41, 5.74) is 0.657. The molecule has 1 atom stereocenters. The molecule has 0 aliphatic heterocycles. The second-order valence-corrected chi connectivity index (χ2v) is 4.04. The smallest absolute Gasteiger partial charge is 0.344 e. The van der Waals surface area contributed by atoms with Crippen LogP contribution in [0.1, 0.15) is 32.4 Å². The van der Waals surface area contributed by atoms with E-state index in [0.717, 1.165) is 0 Å². The first-order valence-corrected chi connectivity index (χ1v) is 5.60. The molecule has 0 amide bonds. The third-order valence-corrected chi connectivity index (χ3v) is 2.08. The Labute approximate surface area is 101 Å². The lowest BCUT2D eigenvalue weighted by Gasteiger charge is -2.13. The van der Waals surface area contributed by atoms with Crippen molar-refractivity contribution in [3.8, 4) is 5.75 Å². The Morgan fingerprint density at radius 2 is 1.94 bits per heavy atom. The van der Waals surface area contributed by atoms with Gasteiger partial charge in [0.05, 0.1) is 12.2 Å². The zero-order valence-corrected chi connectivity index (χ0v) is 10.3. The first-order valence-electron chi connectivity index (χ1n) is 5.60. The van der Waals surface area contributed by atoms with E-state index in [1.807, 2.05) is 0 Å². The summed E-state index contributed by atoms with van der Waals surface area (Å²) in [5.74, 6) is 0.0867. The Balaban J connectivity index is 2.60. The van der Waals surface area contributed by atoms with Gasteiger partial charge in [0, 0.05) is 5.56 Å². The van der Waals surface area contributed by atoms with E-state index in [4.69, 9.17) is 9.47 Å². The SMILES string of the molecule is CC(C)OC(=O)COc1ccccc1C(C)O. The standard InChI is InChI=1S/C13H18O4/c1-9(2)17-13(15)8-16-12-7-5-4-6-11(12)10(3)14/h4-7,9-10,14H,8H2,1-3H3. The van der Waals surface area contributed by atoms with Gasteiger partial charge in [0.15, 0.2) is 6.61 Å². The highest BCUT2D eigenvalue weighted by molar-refractivity contribution is 5.71. The molecule has 0 aromatic heterocycles. The van der Waals surface area contributed by atoms with Crippen LogP contribution in [0.2, 0.25) is 0 Å². The summed E-state index contributed by atoms with van der Waals surface area (Å²) < 4.78 is 10.3. The number of aliphatic hydroxyl groups excluding tert-OH is 1. The molecule has 0 aliphatic carbocycles. The van der Waals surface area contributed by atoms with Crippen LogP contribution in [0.4, 0.5) is 0 Å². The summed E-state index contributed by atoms with van der Waals surface area (Å²) in [6.07, 6.45) is -0.787. The Morgan fingerprint density at radius 1 is 1.29 bits per heavy atom. The number of aliphatic hydroxyl groups is 1. The summed E-state index contributed by atoms with van der Waals surface area (Å²) in [5, 5.41) is 9.52. The summed E-state index contributed by atoms with van der Waals surface area (Å²) >= 11 is 0. The molecule has 0 bridgehead atoms.